The van der Waals surface area contributed by atoms with Crippen LogP contribution in [-0.4, -0.2) is 11.3 Å². The summed E-state index contributed by atoms with van der Waals surface area (Å²) in [5.41, 5.74) is 4.23. The lowest BCUT2D eigenvalue weighted by molar-refractivity contribution is -0.740. The van der Waals surface area contributed by atoms with E-state index >= 15 is 0 Å². The first kappa shape index (κ1) is 17.7. The Labute approximate surface area is 148 Å². The predicted molar refractivity (Wildman–Crippen MR) is 91.8 cm³/mol. The highest BCUT2D eigenvalue weighted by Gasteiger charge is 2.29. The fourth-order valence-corrected chi connectivity index (χ4v) is 2.78. The van der Waals surface area contributed by atoms with Crippen LogP contribution >= 0.6 is 0 Å². The Balaban J connectivity index is 0.00000208. The van der Waals surface area contributed by atoms with Crippen LogP contribution in [0.15, 0.2) is 60.7 Å². The van der Waals surface area contributed by atoms with Crippen LogP contribution in [0.1, 0.15) is 0 Å². The van der Waals surface area contributed by atoms with Gasteiger partial charge < -0.3 is 17.1 Å². The van der Waals surface area contributed by atoms with Gasteiger partial charge in [-0.2, -0.15) is 4.68 Å². The molecule has 3 rings (SSSR count). The average Bonchev–Trinajstić information content (AvgIpc) is 2.85. The van der Waals surface area contributed by atoms with Crippen LogP contribution in [0.5, 0.6) is 5.75 Å². The molecule has 0 amide bonds. The van der Waals surface area contributed by atoms with Crippen LogP contribution < -0.4 is 21.8 Å². The number of ether oxygens (including phenoxy) is 1. The summed E-state index contributed by atoms with van der Waals surface area (Å²) in [6, 6.07) is 20.4. The topological polar surface area (TPSA) is 18.0 Å². The van der Waals surface area contributed by atoms with Gasteiger partial charge in [0.25, 0.3) is 5.69 Å². The normalized spacial score (nSPS) is 9.88. The number of hydrogen-bond donors (Lipinski definition) is 0. The van der Waals surface area contributed by atoms with E-state index in [1.807, 2.05) is 50.5 Å². The van der Waals surface area contributed by atoms with Crippen molar-refractivity contribution in [2.24, 2.45) is 14.1 Å². The van der Waals surface area contributed by atoms with Crippen LogP contribution in [0.3, 0.4) is 0 Å². The third kappa shape index (κ3) is 3.15. The molecule has 0 radical (unpaired) electrons. The molecule has 0 fully saturated rings. The van der Waals surface area contributed by atoms with E-state index in [1.165, 1.54) is 0 Å². The summed E-state index contributed by atoms with van der Waals surface area (Å²) in [7, 11) is 4.05. The number of hydrogen-bond acceptors (Lipinski definition) is 1. The summed E-state index contributed by atoms with van der Waals surface area (Å²) in [5.74, 6) is 3.37. The zero-order valence-electron chi connectivity index (χ0n) is 13.7. The Kier molecular flexibility index (Phi) is 5.68. The summed E-state index contributed by atoms with van der Waals surface area (Å²) < 4.78 is 10.1. The fourth-order valence-electron chi connectivity index (χ4n) is 2.78. The molecule has 0 saturated carbocycles. The van der Waals surface area contributed by atoms with Crippen LogP contribution in [0, 0.1) is 12.3 Å². The second-order valence-corrected chi connectivity index (χ2v) is 5.30. The third-order valence-electron chi connectivity index (χ3n) is 3.92. The highest BCUT2D eigenvalue weighted by Crippen LogP contribution is 2.37. The van der Waals surface area contributed by atoms with Crippen molar-refractivity contribution in [2.75, 3.05) is 6.61 Å². The first-order chi connectivity index (χ1) is 11.2. The van der Waals surface area contributed by atoms with Crippen molar-refractivity contribution >= 4 is 0 Å². The van der Waals surface area contributed by atoms with Crippen molar-refractivity contribution in [3.63, 3.8) is 0 Å². The van der Waals surface area contributed by atoms with E-state index in [0.29, 0.717) is 0 Å². The minimum Gasteiger partial charge on any atom is -1.00 e. The molecule has 0 spiro atoms. The van der Waals surface area contributed by atoms with Gasteiger partial charge in [0, 0.05) is 5.56 Å². The molecule has 0 aliphatic rings. The number of halogens is 1. The van der Waals surface area contributed by atoms with Crippen LogP contribution in [0.4, 0.5) is 0 Å². The van der Waals surface area contributed by atoms with Crippen molar-refractivity contribution in [1.82, 2.24) is 4.68 Å². The van der Waals surface area contributed by atoms with E-state index < -0.39 is 0 Å². The van der Waals surface area contributed by atoms with Gasteiger partial charge in [0.2, 0.25) is 5.75 Å². The van der Waals surface area contributed by atoms with Gasteiger partial charge in [0.1, 0.15) is 6.61 Å². The molecule has 3 aromatic rings. The van der Waals surface area contributed by atoms with Crippen molar-refractivity contribution in [1.29, 1.82) is 0 Å². The van der Waals surface area contributed by atoms with Crippen molar-refractivity contribution < 1.29 is 21.8 Å². The summed E-state index contributed by atoms with van der Waals surface area (Å²) in [6.07, 6.45) is 5.41. The molecule has 0 unspecified atom stereocenters. The Bertz CT molecular complexity index is 786. The number of aromatic nitrogens is 2. The fraction of sp³-hybridized carbons (Fsp3) is 0.150. The average molecular weight is 339 g/mol. The number of nitrogens with zero attached hydrogens (tertiary/aromatic N) is 2. The maximum atomic E-state index is 5.95. The molecular formula is C20H19ClN2O. The first-order valence-corrected chi connectivity index (χ1v) is 7.50. The van der Waals surface area contributed by atoms with E-state index in [-0.39, 0.29) is 19.0 Å². The Hall–Kier alpha value is -2.70. The first-order valence-electron chi connectivity index (χ1n) is 7.50. The third-order valence-corrected chi connectivity index (χ3v) is 3.92. The van der Waals surface area contributed by atoms with Gasteiger partial charge in [0.15, 0.2) is 12.7 Å². The molecule has 0 atom stereocenters. The Morgan fingerprint density at radius 3 is 2.08 bits per heavy atom. The number of rotatable bonds is 4. The predicted octanol–water partition coefficient (Wildman–Crippen LogP) is 0.200. The van der Waals surface area contributed by atoms with Crippen LogP contribution in [0.25, 0.3) is 22.5 Å². The monoisotopic (exact) mass is 338 g/mol. The lowest BCUT2D eigenvalue weighted by Crippen LogP contribution is -3.00. The lowest BCUT2D eigenvalue weighted by Gasteiger charge is -2.04. The molecule has 0 saturated heterocycles. The van der Waals surface area contributed by atoms with Gasteiger partial charge in [-0.05, 0) is 12.1 Å². The lowest BCUT2D eigenvalue weighted by atomic mass is 10.1. The molecular weight excluding hydrogens is 320 g/mol. The van der Waals surface area contributed by atoms with Gasteiger partial charge >= 0.3 is 0 Å². The summed E-state index contributed by atoms with van der Waals surface area (Å²) in [6.45, 7) is 0.240. The number of terminal acetylenes is 1. The van der Waals surface area contributed by atoms with Gasteiger partial charge in [0.05, 0.1) is 12.6 Å². The number of benzene rings is 2. The quantitative estimate of drug-likeness (QED) is 0.491. The maximum absolute atomic E-state index is 5.95. The van der Waals surface area contributed by atoms with Gasteiger partial charge in [-0.15, -0.1) is 11.1 Å². The molecule has 122 valence electrons. The minimum atomic E-state index is 0. The van der Waals surface area contributed by atoms with Crippen LogP contribution in [-0.2, 0) is 14.1 Å². The standard InChI is InChI=1S/C20H19N2O.ClH/c1-4-15-23-20-18(16-11-7-5-8-12-16)21(2)22(3)19(20)17-13-9-6-10-14-17;/h1,5-14H,15H2,2-3H3;1H/q+1;/p-1. The van der Waals surface area contributed by atoms with Crippen molar-refractivity contribution in [3.05, 3.63) is 60.7 Å². The van der Waals surface area contributed by atoms with E-state index in [4.69, 9.17) is 11.2 Å². The molecule has 3 nitrogen and oxygen atoms in total. The maximum Gasteiger partial charge on any atom is 0.280 e. The summed E-state index contributed by atoms with van der Waals surface area (Å²) in [4.78, 5) is 0. The van der Waals surface area contributed by atoms with Gasteiger partial charge in [-0.3, -0.25) is 0 Å². The van der Waals surface area contributed by atoms with Gasteiger partial charge in [-0.1, -0.05) is 54.5 Å². The molecule has 0 N–H and O–H groups in total. The second kappa shape index (κ2) is 7.72. The van der Waals surface area contributed by atoms with E-state index in [2.05, 4.69) is 39.5 Å². The van der Waals surface area contributed by atoms with E-state index in [0.717, 1.165) is 28.3 Å². The SMILES string of the molecule is C#CCOc1c(-c2ccccc2)n(C)[n+](C)c1-c1ccccc1.[Cl-]. The summed E-state index contributed by atoms with van der Waals surface area (Å²) >= 11 is 0. The van der Waals surface area contributed by atoms with E-state index in [1.54, 1.807) is 0 Å². The summed E-state index contributed by atoms with van der Waals surface area (Å²) in [5, 5.41) is 0. The van der Waals surface area contributed by atoms with Gasteiger partial charge in [-0.25, -0.2) is 0 Å². The molecule has 4 heteroatoms. The molecule has 1 aromatic heterocycles. The Morgan fingerprint density at radius 2 is 1.54 bits per heavy atom. The molecule has 0 aliphatic carbocycles. The smallest absolute Gasteiger partial charge is 0.280 e. The van der Waals surface area contributed by atoms with Crippen molar-refractivity contribution in [2.45, 2.75) is 0 Å². The molecule has 1 heterocycles. The Morgan fingerprint density at radius 1 is 1.00 bits per heavy atom. The zero-order valence-corrected chi connectivity index (χ0v) is 14.5. The molecule has 24 heavy (non-hydrogen) atoms. The van der Waals surface area contributed by atoms with Crippen LogP contribution in [0.2, 0.25) is 0 Å². The zero-order chi connectivity index (χ0) is 16.2. The molecule has 0 bridgehead atoms. The second-order valence-electron chi connectivity index (χ2n) is 5.30. The minimum absolute atomic E-state index is 0. The van der Waals surface area contributed by atoms with E-state index in [9.17, 15) is 0 Å². The van der Waals surface area contributed by atoms with Crippen molar-refractivity contribution in [3.8, 4) is 40.6 Å². The highest BCUT2D eigenvalue weighted by atomic mass is 35.5. The highest BCUT2D eigenvalue weighted by molar-refractivity contribution is 5.76. The molecule has 2 aromatic carbocycles. The largest absolute Gasteiger partial charge is 1.00 e. The molecule has 0 aliphatic heterocycles.